The Bertz CT molecular complexity index is 1050. The molecule has 0 amide bonds. The van der Waals surface area contributed by atoms with Crippen molar-refractivity contribution in [1.29, 1.82) is 0 Å². The molecule has 3 aromatic rings. The SMILES string of the molecule is Cc1cc(F)cc([C@@H](C)Nc2nnc(C)c3ccc(N4CCOCC4)cc23)c1C. The second-order valence-corrected chi connectivity index (χ2v) is 7.77. The molecule has 2 aromatic carbocycles. The summed E-state index contributed by atoms with van der Waals surface area (Å²) in [5.41, 5.74) is 5.02. The number of anilines is 2. The Morgan fingerprint density at radius 3 is 2.55 bits per heavy atom. The fourth-order valence-electron chi connectivity index (χ4n) is 3.98. The molecule has 0 aliphatic carbocycles. The average Bonchev–Trinajstić information content (AvgIpc) is 2.73. The normalized spacial score (nSPS) is 15.6. The molecule has 1 aliphatic heterocycles. The summed E-state index contributed by atoms with van der Waals surface area (Å²) < 4.78 is 19.5. The van der Waals surface area contributed by atoms with Gasteiger partial charge in [-0.15, -0.1) is 5.10 Å². The molecule has 5 nitrogen and oxygen atoms in total. The first-order valence-corrected chi connectivity index (χ1v) is 10.1. The van der Waals surface area contributed by atoms with Gasteiger partial charge in [-0.05, 0) is 68.7 Å². The molecule has 0 saturated carbocycles. The molecule has 1 atom stereocenters. The van der Waals surface area contributed by atoms with E-state index in [1.54, 1.807) is 12.1 Å². The summed E-state index contributed by atoms with van der Waals surface area (Å²) >= 11 is 0. The van der Waals surface area contributed by atoms with E-state index in [0.29, 0.717) is 0 Å². The molecule has 1 aliphatic rings. The van der Waals surface area contributed by atoms with Crippen molar-refractivity contribution < 1.29 is 9.13 Å². The number of aromatic nitrogens is 2. The van der Waals surface area contributed by atoms with Gasteiger partial charge < -0.3 is 15.0 Å². The highest BCUT2D eigenvalue weighted by Gasteiger charge is 2.17. The minimum absolute atomic E-state index is 0.100. The smallest absolute Gasteiger partial charge is 0.157 e. The largest absolute Gasteiger partial charge is 0.378 e. The Balaban J connectivity index is 1.72. The topological polar surface area (TPSA) is 50.3 Å². The number of nitrogens with zero attached hydrogens (tertiary/aromatic N) is 3. The first-order valence-electron chi connectivity index (χ1n) is 10.1. The van der Waals surface area contributed by atoms with Gasteiger partial charge in [-0.2, -0.15) is 5.10 Å². The Labute approximate surface area is 170 Å². The molecule has 1 aromatic heterocycles. The van der Waals surface area contributed by atoms with Crippen LogP contribution in [0.4, 0.5) is 15.9 Å². The zero-order valence-electron chi connectivity index (χ0n) is 17.4. The van der Waals surface area contributed by atoms with Crippen LogP contribution in [0.25, 0.3) is 10.8 Å². The fourth-order valence-corrected chi connectivity index (χ4v) is 3.98. The first-order chi connectivity index (χ1) is 13.9. The van der Waals surface area contributed by atoms with Gasteiger partial charge in [0.2, 0.25) is 0 Å². The van der Waals surface area contributed by atoms with Gasteiger partial charge in [0.15, 0.2) is 5.82 Å². The van der Waals surface area contributed by atoms with E-state index in [0.717, 1.165) is 71.0 Å². The van der Waals surface area contributed by atoms with E-state index in [9.17, 15) is 4.39 Å². The molecule has 1 N–H and O–H groups in total. The monoisotopic (exact) mass is 394 g/mol. The van der Waals surface area contributed by atoms with Crippen molar-refractivity contribution in [2.45, 2.75) is 33.7 Å². The van der Waals surface area contributed by atoms with E-state index in [1.165, 1.54) is 0 Å². The van der Waals surface area contributed by atoms with E-state index in [2.05, 4.69) is 38.6 Å². The predicted octanol–water partition coefficient (Wildman–Crippen LogP) is 4.70. The zero-order valence-corrected chi connectivity index (χ0v) is 17.4. The van der Waals surface area contributed by atoms with Gasteiger partial charge in [0.1, 0.15) is 5.82 Å². The molecule has 0 spiro atoms. The van der Waals surface area contributed by atoms with Gasteiger partial charge >= 0.3 is 0 Å². The van der Waals surface area contributed by atoms with E-state index in [4.69, 9.17) is 4.74 Å². The van der Waals surface area contributed by atoms with E-state index >= 15 is 0 Å². The Kier molecular flexibility index (Phi) is 5.37. The van der Waals surface area contributed by atoms with E-state index in [1.807, 2.05) is 27.7 Å². The number of hydrogen-bond acceptors (Lipinski definition) is 5. The van der Waals surface area contributed by atoms with E-state index < -0.39 is 0 Å². The summed E-state index contributed by atoms with van der Waals surface area (Å²) in [5.74, 6) is 0.501. The van der Waals surface area contributed by atoms with Crippen molar-refractivity contribution in [2.24, 2.45) is 0 Å². The summed E-state index contributed by atoms with van der Waals surface area (Å²) in [6.45, 7) is 11.2. The lowest BCUT2D eigenvalue weighted by Gasteiger charge is -2.29. The van der Waals surface area contributed by atoms with Crippen LogP contribution in [0, 0.1) is 26.6 Å². The molecular weight excluding hydrogens is 367 g/mol. The molecule has 29 heavy (non-hydrogen) atoms. The summed E-state index contributed by atoms with van der Waals surface area (Å²) in [7, 11) is 0. The number of aryl methyl sites for hydroxylation is 2. The van der Waals surface area contributed by atoms with Crippen molar-refractivity contribution in [1.82, 2.24) is 10.2 Å². The van der Waals surface area contributed by atoms with Crippen molar-refractivity contribution in [2.75, 3.05) is 36.5 Å². The highest BCUT2D eigenvalue weighted by Crippen LogP contribution is 2.31. The summed E-state index contributed by atoms with van der Waals surface area (Å²) in [5, 5.41) is 14.3. The number of morpholine rings is 1. The lowest BCUT2D eigenvalue weighted by Crippen LogP contribution is -2.36. The molecule has 1 saturated heterocycles. The van der Waals surface area contributed by atoms with Gasteiger partial charge in [-0.1, -0.05) is 6.07 Å². The minimum atomic E-state index is -0.216. The molecule has 0 unspecified atom stereocenters. The maximum absolute atomic E-state index is 14.0. The maximum Gasteiger partial charge on any atom is 0.157 e. The Morgan fingerprint density at radius 2 is 1.79 bits per heavy atom. The first kappa shape index (κ1) is 19.6. The number of ether oxygens (including phenoxy) is 1. The third-order valence-corrected chi connectivity index (χ3v) is 5.82. The third kappa shape index (κ3) is 3.90. The van der Waals surface area contributed by atoms with Crippen LogP contribution < -0.4 is 10.2 Å². The second-order valence-electron chi connectivity index (χ2n) is 7.77. The van der Waals surface area contributed by atoms with Crippen LogP contribution in [0.3, 0.4) is 0 Å². The van der Waals surface area contributed by atoms with Crippen LogP contribution in [0.15, 0.2) is 30.3 Å². The van der Waals surface area contributed by atoms with Crippen LogP contribution >= 0.6 is 0 Å². The molecule has 2 heterocycles. The molecule has 6 heteroatoms. The minimum Gasteiger partial charge on any atom is -0.378 e. The number of halogens is 1. The van der Waals surface area contributed by atoms with Gasteiger partial charge in [0.25, 0.3) is 0 Å². The number of nitrogens with one attached hydrogen (secondary N) is 1. The highest BCUT2D eigenvalue weighted by molar-refractivity contribution is 5.95. The van der Waals surface area contributed by atoms with Gasteiger partial charge in [-0.3, -0.25) is 0 Å². The summed E-state index contributed by atoms with van der Waals surface area (Å²) in [6.07, 6.45) is 0. The number of rotatable bonds is 4. The lowest BCUT2D eigenvalue weighted by molar-refractivity contribution is 0.122. The molecule has 0 radical (unpaired) electrons. The van der Waals surface area contributed by atoms with Crippen molar-refractivity contribution >= 4 is 22.3 Å². The predicted molar refractivity (Wildman–Crippen MR) is 115 cm³/mol. The van der Waals surface area contributed by atoms with Gasteiger partial charge in [0, 0.05) is 29.5 Å². The van der Waals surface area contributed by atoms with Crippen LogP contribution in [0.2, 0.25) is 0 Å². The number of fused-ring (bicyclic) bond motifs is 1. The standard InChI is InChI=1S/C23H27FN4O/c1-14-11-18(24)12-21(15(14)2)16(3)25-23-22-13-19(28-7-9-29-10-8-28)5-6-20(22)17(4)26-27-23/h5-6,11-13,16H,7-10H2,1-4H3,(H,25,27)/t16-/m1/s1. The van der Waals surface area contributed by atoms with Crippen molar-refractivity contribution in [3.63, 3.8) is 0 Å². The molecule has 1 fully saturated rings. The second kappa shape index (κ2) is 7.95. The van der Waals surface area contributed by atoms with Crippen molar-refractivity contribution in [3.05, 3.63) is 58.5 Å². The summed E-state index contributed by atoms with van der Waals surface area (Å²) in [6, 6.07) is 9.48. The maximum atomic E-state index is 14.0. The van der Waals surface area contributed by atoms with Crippen LogP contribution in [-0.2, 0) is 4.74 Å². The number of hydrogen-bond donors (Lipinski definition) is 1. The lowest BCUT2D eigenvalue weighted by atomic mass is 9.98. The van der Waals surface area contributed by atoms with E-state index in [-0.39, 0.29) is 11.9 Å². The Hall–Kier alpha value is -2.73. The van der Waals surface area contributed by atoms with Crippen LogP contribution in [0.5, 0.6) is 0 Å². The Morgan fingerprint density at radius 1 is 1.03 bits per heavy atom. The molecular formula is C23H27FN4O. The van der Waals surface area contributed by atoms with Gasteiger partial charge in [0.05, 0.1) is 24.9 Å². The van der Waals surface area contributed by atoms with Crippen LogP contribution in [-0.4, -0.2) is 36.5 Å². The quantitative estimate of drug-likeness (QED) is 0.695. The molecule has 4 rings (SSSR count). The third-order valence-electron chi connectivity index (χ3n) is 5.82. The van der Waals surface area contributed by atoms with Crippen molar-refractivity contribution in [3.8, 4) is 0 Å². The molecule has 0 bridgehead atoms. The molecule has 152 valence electrons. The van der Waals surface area contributed by atoms with Gasteiger partial charge in [-0.25, -0.2) is 4.39 Å². The van der Waals surface area contributed by atoms with Crippen LogP contribution in [0.1, 0.15) is 35.3 Å². The fraction of sp³-hybridized carbons (Fsp3) is 0.391. The average molecular weight is 394 g/mol. The highest BCUT2D eigenvalue weighted by atomic mass is 19.1. The summed E-state index contributed by atoms with van der Waals surface area (Å²) in [4.78, 5) is 2.33. The number of benzene rings is 2. The zero-order chi connectivity index (χ0) is 20.5.